The van der Waals surface area contributed by atoms with Crippen LogP contribution in [0.3, 0.4) is 0 Å². The van der Waals surface area contributed by atoms with Crippen molar-refractivity contribution in [3.63, 3.8) is 0 Å². The van der Waals surface area contributed by atoms with Gasteiger partial charge in [-0.05, 0) is 18.2 Å². The Hall–Kier alpha value is -2.74. The van der Waals surface area contributed by atoms with Crippen molar-refractivity contribution in [2.75, 3.05) is 14.1 Å². The lowest BCUT2D eigenvalue weighted by molar-refractivity contribution is 0.0820. The van der Waals surface area contributed by atoms with Gasteiger partial charge in [0.2, 0.25) is 0 Å². The Morgan fingerprint density at radius 3 is 2.67 bits per heavy atom. The van der Waals surface area contributed by atoms with Gasteiger partial charge in [-0.15, -0.1) is 0 Å². The van der Waals surface area contributed by atoms with Gasteiger partial charge in [0, 0.05) is 26.5 Å². The maximum Gasteiger partial charge on any atom is 0.273 e. The number of nitrogens with two attached hydrogens (primary N) is 1. The molecule has 8 nitrogen and oxygen atoms in total. The van der Waals surface area contributed by atoms with Crippen LogP contribution in [0, 0.1) is 0 Å². The average Bonchev–Trinajstić information content (AvgIpc) is 2.94. The van der Waals surface area contributed by atoms with E-state index in [-0.39, 0.29) is 5.91 Å². The molecule has 0 aliphatic carbocycles. The third-order valence-corrected chi connectivity index (χ3v) is 2.81. The van der Waals surface area contributed by atoms with Gasteiger partial charge in [-0.3, -0.25) is 24.7 Å². The molecule has 3 N–H and O–H groups in total. The summed E-state index contributed by atoms with van der Waals surface area (Å²) in [5, 5.41) is 4.19. The lowest BCUT2D eigenvalue weighted by Crippen LogP contribution is -2.30. The van der Waals surface area contributed by atoms with Crippen molar-refractivity contribution >= 4 is 11.8 Å². The summed E-state index contributed by atoms with van der Waals surface area (Å²) in [6.07, 6.45) is 3.14. The minimum atomic E-state index is -0.396. The molecule has 2 aromatic heterocycles. The number of amides is 2. The van der Waals surface area contributed by atoms with Crippen LogP contribution in [-0.4, -0.2) is 45.6 Å². The van der Waals surface area contributed by atoms with E-state index in [0.717, 1.165) is 5.69 Å². The van der Waals surface area contributed by atoms with Gasteiger partial charge in [0.1, 0.15) is 5.69 Å². The molecule has 0 aliphatic rings. The minimum Gasteiger partial charge on any atom is -0.343 e. The molecule has 2 aromatic rings. The second-order valence-corrected chi connectivity index (χ2v) is 4.61. The molecule has 0 aliphatic heterocycles. The van der Waals surface area contributed by atoms with Crippen LogP contribution in [-0.2, 0) is 6.54 Å². The van der Waals surface area contributed by atoms with Crippen LogP contribution in [0.2, 0.25) is 0 Å². The standard InChI is InChI=1S/C13H16N6O2/c1-18(2)13(21)11-5-6-19(17-11)8-10-4-3-9(7-15-10)12(20)16-14/h3-7H,8,14H2,1-2H3,(H,16,20). The maximum absolute atomic E-state index is 11.7. The Morgan fingerprint density at radius 1 is 1.33 bits per heavy atom. The number of hydrogen-bond donors (Lipinski definition) is 2. The smallest absolute Gasteiger partial charge is 0.273 e. The van der Waals surface area contributed by atoms with Crippen LogP contribution in [0.25, 0.3) is 0 Å². The van der Waals surface area contributed by atoms with Crippen LogP contribution in [0.15, 0.2) is 30.6 Å². The molecule has 0 saturated carbocycles. The number of carbonyl (C=O) groups excluding carboxylic acids is 2. The minimum absolute atomic E-state index is 0.156. The summed E-state index contributed by atoms with van der Waals surface area (Å²) in [5.74, 6) is 4.49. The molecular weight excluding hydrogens is 272 g/mol. The lowest BCUT2D eigenvalue weighted by atomic mass is 10.2. The number of hydrogen-bond acceptors (Lipinski definition) is 5. The summed E-state index contributed by atoms with van der Waals surface area (Å²) in [6.45, 7) is 0.408. The predicted molar refractivity (Wildman–Crippen MR) is 75.2 cm³/mol. The van der Waals surface area contributed by atoms with Crippen molar-refractivity contribution in [2.45, 2.75) is 6.54 Å². The fourth-order valence-electron chi connectivity index (χ4n) is 1.69. The second-order valence-electron chi connectivity index (χ2n) is 4.61. The third kappa shape index (κ3) is 3.42. The summed E-state index contributed by atoms with van der Waals surface area (Å²) >= 11 is 0. The van der Waals surface area contributed by atoms with Crippen LogP contribution >= 0.6 is 0 Å². The van der Waals surface area contributed by atoms with Crippen molar-refractivity contribution in [3.05, 3.63) is 47.5 Å². The molecule has 0 aromatic carbocycles. The first-order valence-electron chi connectivity index (χ1n) is 6.22. The Labute approximate surface area is 121 Å². The van der Waals surface area contributed by atoms with E-state index in [9.17, 15) is 9.59 Å². The largest absolute Gasteiger partial charge is 0.343 e. The summed E-state index contributed by atoms with van der Waals surface area (Å²) in [6, 6.07) is 4.98. The molecule has 0 fully saturated rings. The summed E-state index contributed by atoms with van der Waals surface area (Å²) in [5.41, 5.74) is 3.51. The summed E-state index contributed by atoms with van der Waals surface area (Å²) in [7, 11) is 3.34. The van der Waals surface area contributed by atoms with Crippen molar-refractivity contribution < 1.29 is 9.59 Å². The Kier molecular flexibility index (Phi) is 4.29. The van der Waals surface area contributed by atoms with E-state index >= 15 is 0 Å². The maximum atomic E-state index is 11.7. The Morgan fingerprint density at radius 2 is 2.10 bits per heavy atom. The van der Waals surface area contributed by atoms with E-state index in [1.807, 2.05) is 5.43 Å². The number of pyridine rings is 1. The van der Waals surface area contributed by atoms with Gasteiger partial charge in [-0.25, -0.2) is 5.84 Å². The number of aromatic nitrogens is 3. The Balaban J connectivity index is 2.08. The van der Waals surface area contributed by atoms with Gasteiger partial charge < -0.3 is 4.90 Å². The summed E-state index contributed by atoms with van der Waals surface area (Å²) < 4.78 is 1.61. The average molecular weight is 288 g/mol. The molecule has 2 amide bonds. The molecule has 110 valence electrons. The predicted octanol–water partition coefficient (Wildman–Crippen LogP) is -0.368. The number of nitrogens with one attached hydrogen (secondary N) is 1. The number of rotatable bonds is 4. The zero-order valence-electron chi connectivity index (χ0n) is 11.8. The first kappa shape index (κ1) is 14.7. The highest BCUT2D eigenvalue weighted by Crippen LogP contribution is 2.04. The molecule has 2 rings (SSSR count). The van der Waals surface area contributed by atoms with E-state index in [4.69, 9.17) is 5.84 Å². The van der Waals surface area contributed by atoms with E-state index in [1.54, 1.807) is 43.2 Å². The van der Waals surface area contributed by atoms with Gasteiger partial charge in [-0.2, -0.15) is 5.10 Å². The van der Waals surface area contributed by atoms with Crippen LogP contribution in [0.4, 0.5) is 0 Å². The van der Waals surface area contributed by atoms with Gasteiger partial charge in [0.05, 0.1) is 17.8 Å². The molecule has 2 heterocycles. The number of nitrogens with zero attached hydrogens (tertiary/aromatic N) is 4. The molecule has 21 heavy (non-hydrogen) atoms. The summed E-state index contributed by atoms with van der Waals surface area (Å²) in [4.78, 5) is 28.7. The molecule has 0 radical (unpaired) electrons. The molecule has 0 atom stereocenters. The zero-order chi connectivity index (χ0) is 15.4. The van der Waals surface area contributed by atoms with Crippen LogP contribution in [0.1, 0.15) is 26.5 Å². The van der Waals surface area contributed by atoms with Crippen LogP contribution in [0.5, 0.6) is 0 Å². The molecule has 8 heteroatoms. The number of nitrogen functional groups attached to an aromatic ring is 1. The third-order valence-electron chi connectivity index (χ3n) is 2.81. The van der Waals surface area contributed by atoms with Crippen molar-refractivity contribution in [2.24, 2.45) is 5.84 Å². The van der Waals surface area contributed by atoms with Crippen molar-refractivity contribution in [3.8, 4) is 0 Å². The van der Waals surface area contributed by atoms with E-state index in [1.165, 1.54) is 11.1 Å². The van der Waals surface area contributed by atoms with E-state index in [2.05, 4.69) is 10.1 Å². The zero-order valence-corrected chi connectivity index (χ0v) is 11.8. The van der Waals surface area contributed by atoms with Gasteiger partial charge in [-0.1, -0.05) is 0 Å². The molecular formula is C13H16N6O2. The highest BCUT2D eigenvalue weighted by atomic mass is 16.2. The van der Waals surface area contributed by atoms with Crippen molar-refractivity contribution in [1.82, 2.24) is 25.1 Å². The van der Waals surface area contributed by atoms with Gasteiger partial charge in [0.25, 0.3) is 11.8 Å². The number of carbonyl (C=O) groups is 2. The second kappa shape index (κ2) is 6.14. The molecule has 0 unspecified atom stereocenters. The highest BCUT2D eigenvalue weighted by Gasteiger charge is 2.11. The molecule has 0 spiro atoms. The van der Waals surface area contributed by atoms with E-state index < -0.39 is 5.91 Å². The van der Waals surface area contributed by atoms with E-state index in [0.29, 0.717) is 17.8 Å². The quantitative estimate of drug-likeness (QED) is 0.453. The fourth-order valence-corrected chi connectivity index (χ4v) is 1.69. The topological polar surface area (TPSA) is 106 Å². The van der Waals surface area contributed by atoms with Gasteiger partial charge in [0.15, 0.2) is 0 Å². The number of hydrazine groups is 1. The lowest BCUT2D eigenvalue weighted by Gasteiger charge is -2.07. The molecule has 0 bridgehead atoms. The first-order chi connectivity index (χ1) is 10.0. The van der Waals surface area contributed by atoms with Crippen molar-refractivity contribution in [1.29, 1.82) is 0 Å². The fraction of sp³-hybridized carbons (Fsp3) is 0.231. The molecule has 0 saturated heterocycles. The SMILES string of the molecule is CN(C)C(=O)c1ccn(Cc2ccc(C(=O)NN)cn2)n1. The Bertz CT molecular complexity index is 647. The highest BCUT2D eigenvalue weighted by molar-refractivity contribution is 5.93. The van der Waals surface area contributed by atoms with Crippen LogP contribution < -0.4 is 11.3 Å². The monoisotopic (exact) mass is 288 g/mol. The van der Waals surface area contributed by atoms with Gasteiger partial charge >= 0.3 is 0 Å². The normalized spacial score (nSPS) is 10.2. The first-order valence-corrected chi connectivity index (χ1v) is 6.22.